The van der Waals surface area contributed by atoms with Crippen molar-refractivity contribution in [3.8, 4) is 0 Å². The number of rotatable bonds is 15. The fourth-order valence-electron chi connectivity index (χ4n) is 2.31. The van der Waals surface area contributed by atoms with E-state index < -0.39 is 72.2 Å². The number of hydrogen-bond donors (Lipinski definition) is 0. The minimum Gasteiger partial charge on any atom is -0.550 e. The summed E-state index contributed by atoms with van der Waals surface area (Å²) >= 11 is 0.288. The van der Waals surface area contributed by atoms with E-state index in [4.69, 9.17) is 0 Å². The standard InChI is InChI=1S/C16H15F17O2S/c17-9(18,5-7-36-6-3-1-2-4-8(34)35)10(19,20)11(21,22)12(23,24)13(25,26)14(27,28)15(29,30)16(31,32)33/h1-7H2,(H,34,35)/p-1. The molecule has 0 bridgehead atoms. The SMILES string of the molecule is O=C([O-])CCCCCSCCC(F)(F)C(F)(F)C(F)(F)C(F)(F)C(F)(F)C(F)(F)C(F)(F)C(F)(F)F. The molecule has 0 aliphatic rings. The van der Waals surface area contributed by atoms with E-state index in [9.17, 15) is 84.5 Å². The van der Waals surface area contributed by atoms with Gasteiger partial charge < -0.3 is 9.90 Å². The highest BCUT2D eigenvalue weighted by Gasteiger charge is 2.95. The highest BCUT2D eigenvalue weighted by Crippen LogP contribution is 2.64. The fraction of sp³-hybridized carbons (Fsp3) is 0.938. The second-order valence-corrected chi connectivity index (χ2v) is 8.42. The number of carbonyl (C=O) groups is 1. The Labute approximate surface area is 194 Å². The molecule has 0 aromatic rings. The Bertz CT molecular complexity index is 747. The molecule has 0 saturated carbocycles. The van der Waals surface area contributed by atoms with Crippen LogP contribution in [-0.4, -0.2) is 65.1 Å². The molecule has 0 amide bonds. The number of carboxylic acids is 1. The number of thioether (sulfide) groups is 1. The number of alkyl halides is 17. The first-order chi connectivity index (χ1) is 15.7. The Kier molecular flexibility index (Phi) is 10.4. The van der Waals surface area contributed by atoms with Crippen molar-refractivity contribution in [2.45, 2.75) is 79.7 Å². The summed E-state index contributed by atoms with van der Waals surface area (Å²) in [4.78, 5) is 10.1. The number of carboxylic acid groups (broad SMARTS) is 1. The van der Waals surface area contributed by atoms with Gasteiger partial charge in [0.05, 0.1) is 0 Å². The summed E-state index contributed by atoms with van der Waals surface area (Å²) in [5.41, 5.74) is 0. The molecular weight excluding hydrogens is 579 g/mol. The molecule has 0 heterocycles. The van der Waals surface area contributed by atoms with Crippen LogP contribution in [0.2, 0.25) is 0 Å². The molecular formula is C16H14F17O2S-. The Morgan fingerprint density at radius 2 is 0.917 bits per heavy atom. The van der Waals surface area contributed by atoms with Crippen LogP contribution >= 0.6 is 11.8 Å². The first-order valence-electron chi connectivity index (χ1n) is 9.16. The molecule has 20 heteroatoms. The normalized spacial score (nSPS) is 15.4. The molecule has 0 fully saturated rings. The highest BCUT2D eigenvalue weighted by molar-refractivity contribution is 7.99. The lowest BCUT2D eigenvalue weighted by Gasteiger charge is -2.42. The van der Waals surface area contributed by atoms with Gasteiger partial charge in [-0.15, -0.1) is 0 Å². The Morgan fingerprint density at radius 3 is 1.31 bits per heavy atom. The molecule has 0 spiro atoms. The number of carbonyl (C=O) groups excluding carboxylic acids is 1. The predicted molar refractivity (Wildman–Crippen MR) is 86.1 cm³/mol. The van der Waals surface area contributed by atoms with Crippen molar-refractivity contribution < 1.29 is 84.5 Å². The molecule has 0 aromatic heterocycles. The molecule has 0 unspecified atom stereocenters. The van der Waals surface area contributed by atoms with E-state index >= 15 is 0 Å². The fourth-order valence-corrected chi connectivity index (χ4v) is 3.32. The van der Waals surface area contributed by atoms with Crippen molar-refractivity contribution >= 4 is 17.7 Å². The van der Waals surface area contributed by atoms with Gasteiger partial charge in [0.15, 0.2) is 0 Å². The molecule has 0 saturated heterocycles. The maximum absolute atomic E-state index is 13.6. The van der Waals surface area contributed by atoms with Crippen molar-refractivity contribution in [2.75, 3.05) is 11.5 Å². The third-order valence-corrected chi connectivity index (χ3v) is 5.59. The topological polar surface area (TPSA) is 40.1 Å². The van der Waals surface area contributed by atoms with E-state index in [-0.39, 0.29) is 36.8 Å². The van der Waals surface area contributed by atoms with Crippen LogP contribution in [0.15, 0.2) is 0 Å². The van der Waals surface area contributed by atoms with Gasteiger partial charge in [0, 0.05) is 12.4 Å². The third-order valence-electron chi connectivity index (χ3n) is 4.52. The van der Waals surface area contributed by atoms with E-state index in [1.54, 1.807) is 0 Å². The van der Waals surface area contributed by atoms with Crippen LogP contribution in [0, 0.1) is 0 Å². The molecule has 0 radical (unpaired) electrons. The van der Waals surface area contributed by atoms with Crippen molar-refractivity contribution in [2.24, 2.45) is 0 Å². The zero-order valence-corrected chi connectivity index (χ0v) is 17.9. The highest BCUT2D eigenvalue weighted by atomic mass is 32.2. The summed E-state index contributed by atoms with van der Waals surface area (Å²) in [6, 6.07) is 0. The maximum Gasteiger partial charge on any atom is 0.460 e. The lowest BCUT2D eigenvalue weighted by atomic mass is 9.88. The van der Waals surface area contributed by atoms with Crippen molar-refractivity contribution in [3.05, 3.63) is 0 Å². The van der Waals surface area contributed by atoms with E-state index in [1.165, 1.54) is 0 Å². The van der Waals surface area contributed by atoms with Crippen LogP contribution in [-0.2, 0) is 4.79 Å². The first-order valence-corrected chi connectivity index (χ1v) is 10.3. The van der Waals surface area contributed by atoms with Crippen LogP contribution in [0.3, 0.4) is 0 Å². The van der Waals surface area contributed by atoms with E-state index in [1.807, 2.05) is 0 Å². The van der Waals surface area contributed by atoms with Crippen LogP contribution in [0.5, 0.6) is 0 Å². The van der Waals surface area contributed by atoms with Crippen LogP contribution in [0.4, 0.5) is 74.6 Å². The van der Waals surface area contributed by atoms with E-state index in [0.29, 0.717) is 0 Å². The molecule has 0 rings (SSSR count). The summed E-state index contributed by atoms with van der Waals surface area (Å²) in [5, 5.41) is 10.1. The van der Waals surface area contributed by atoms with Gasteiger partial charge >= 0.3 is 47.6 Å². The first kappa shape index (κ1) is 34.6. The second kappa shape index (κ2) is 10.8. The second-order valence-electron chi connectivity index (χ2n) is 7.19. The molecule has 36 heavy (non-hydrogen) atoms. The molecule has 0 aliphatic heterocycles. The number of halogens is 17. The van der Waals surface area contributed by atoms with Gasteiger partial charge in [0.25, 0.3) is 0 Å². The van der Waals surface area contributed by atoms with Gasteiger partial charge in [-0.25, -0.2) is 0 Å². The molecule has 0 aromatic carbocycles. The van der Waals surface area contributed by atoms with E-state index in [0.717, 1.165) is 0 Å². The van der Waals surface area contributed by atoms with Crippen molar-refractivity contribution in [3.63, 3.8) is 0 Å². The lowest BCUT2D eigenvalue weighted by Crippen LogP contribution is -2.74. The molecule has 2 nitrogen and oxygen atoms in total. The number of unbranched alkanes of at least 4 members (excludes halogenated alkanes) is 2. The van der Waals surface area contributed by atoms with E-state index in [2.05, 4.69) is 0 Å². The van der Waals surface area contributed by atoms with Gasteiger partial charge in [-0.2, -0.15) is 86.4 Å². The third kappa shape index (κ3) is 6.02. The summed E-state index contributed by atoms with van der Waals surface area (Å²) in [6.45, 7) is 0. The molecule has 0 aliphatic carbocycles. The summed E-state index contributed by atoms with van der Waals surface area (Å²) in [5.74, 6) is -59.1. The van der Waals surface area contributed by atoms with Gasteiger partial charge in [-0.1, -0.05) is 6.42 Å². The Morgan fingerprint density at radius 1 is 0.528 bits per heavy atom. The zero-order valence-electron chi connectivity index (χ0n) is 17.1. The maximum atomic E-state index is 13.6. The molecule has 0 N–H and O–H groups in total. The summed E-state index contributed by atoms with van der Waals surface area (Å²) in [6.07, 6.45) is -10.5. The lowest BCUT2D eigenvalue weighted by molar-refractivity contribution is -0.461. The summed E-state index contributed by atoms with van der Waals surface area (Å²) in [7, 11) is 0. The quantitative estimate of drug-likeness (QED) is 0.162. The molecule has 0 atom stereocenters. The minimum absolute atomic E-state index is 0.0324. The Hall–Kier alpha value is -1.37. The Balaban J connectivity index is 5.76. The van der Waals surface area contributed by atoms with Gasteiger partial charge in [-0.05, 0) is 30.8 Å². The smallest absolute Gasteiger partial charge is 0.460 e. The van der Waals surface area contributed by atoms with Crippen LogP contribution in [0.25, 0.3) is 0 Å². The van der Waals surface area contributed by atoms with Gasteiger partial charge in [0.2, 0.25) is 0 Å². The number of aliphatic carboxylic acids is 1. The van der Waals surface area contributed by atoms with Crippen LogP contribution < -0.4 is 5.11 Å². The molecule has 216 valence electrons. The van der Waals surface area contributed by atoms with Crippen molar-refractivity contribution in [1.29, 1.82) is 0 Å². The van der Waals surface area contributed by atoms with Crippen LogP contribution in [0.1, 0.15) is 32.1 Å². The summed E-state index contributed by atoms with van der Waals surface area (Å²) < 4.78 is 223. The monoisotopic (exact) mass is 593 g/mol. The van der Waals surface area contributed by atoms with Gasteiger partial charge in [-0.3, -0.25) is 0 Å². The van der Waals surface area contributed by atoms with Crippen molar-refractivity contribution in [1.82, 2.24) is 0 Å². The minimum atomic E-state index is -8.62. The average molecular weight is 593 g/mol. The predicted octanol–water partition coefficient (Wildman–Crippen LogP) is 6.43. The number of hydrogen-bond acceptors (Lipinski definition) is 3. The largest absolute Gasteiger partial charge is 0.550 e. The van der Waals surface area contributed by atoms with Gasteiger partial charge in [0.1, 0.15) is 0 Å². The average Bonchev–Trinajstić information content (AvgIpc) is 2.67. The zero-order chi connectivity index (χ0) is 29.2.